The summed E-state index contributed by atoms with van der Waals surface area (Å²) < 4.78 is 5.98. The lowest BCUT2D eigenvalue weighted by Gasteiger charge is -2.40. The molecule has 2 heterocycles. The Hall–Kier alpha value is -2.34. The normalized spacial score (nSPS) is 18.6. The largest absolute Gasteiger partial charge is 0.487 e. The van der Waals surface area contributed by atoms with Crippen LogP contribution in [-0.2, 0) is 6.61 Å². The molecule has 5 nitrogen and oxygen atoms in total. The molecule has 1 aromatic heterocycles. The van der Waals surface area contributed by atoms with E-state index in [2.05, 4.69) is 14.8 Å². The van der Waals surface area contributed by atoms with E-state index in [4.69, 9.17) is 16.3 Å². The molecule has 0 spiro atoms. The lowest BCUT2D eigenvalue weighted by molar-refractivity contribution is 0.0691. The van der Waals surface area contributed by atoms with Gasteiger partial charge in [-0.15, -0.1) is 0 Å². The van der Waals surface area contributed by atoms with E-state index in [9.17, 15) is 4.79 Å². The van der Waals surface area contributed by atoms with Gasteiger partial charge in [0.2, 0.25) is 0 Å². The van der Waals surface area contributed by atoms with E-state index < -0.39 is 0 Å². The van der Waals surface area contributed by atoms with Crippen LogP contribution >= 0.6 is 11.6 Å². The number of nitrogens with one attached hydrogen (secondary N) is 1. The summed E-state index contributed by atoms with van der Waals surface area (Å²) in [4.78, 5) is 21.9. The molecule has 6 heteroatoms. The molecule has 33 heavy (non-hydrogen) atoms. The minimum Gasteiger partial charge on any atom is -0.487 e. The summed E-state index contributed by atoms with van der Waals surface area (Å²) in [5, 5.41) is 1.64. The zero-order valence-corrected chi connectivity index (χ0v) is 19.8. The maximum atomic E-state index is 13.5. The minimum absolute atomic E-state index is 0.160. The summed E-state index contributed by atoms with van der Waals surface area (Å²) in [5.41, 5.74) is 2.56. The molecule has 174 valence electrons. The zero-order chi connectivity index (χ0) is 22.6. The van der Waals surface area contributed by atoms with Gasteiger partial charge < -0.3 is 9.72 Å². The third-order valence-electron chi connectivity index (χ3n) is 7.12. The average molecular weight is 466 g/mol. The molecule has 2 aromatic carbocycles. The first-order valence-electron chi connectivity index (χ1n) is 12.1. The van der Waals surface area contributed by atoms with Crippen molar-refractivity contribution in [2.45, 2.75) is 44.8 Å². The molecule has 1 aliphatic heterocycles. The fraction of sp³-hybridized carbons (Fsp3) is 0.444. The van der Waals surface area contributed by atoms with Gasteiger partial charge in [-0.2, -0.15) is 0 Å². The molecular formula is C27H32ClN3O2. The Bertz CT molecular complexity index is 1080. The van der Waals surface area contributed by atoms with Crippen LogP contribution in [0.25, 0.3) is 10.9 Å². The number of halogens is 1. The van der Waals surface area contributed by atoms with Crippen molar-refractivity contribution in [1.82, 2.24) is 14.8 Å². The van der Waals surface area contributed by atoms with Gasteiger partial charge in [-0.05, 0) is 43.2 Å². The van der Waals surface area contributed by atoms with Gasteiger partial charge in [-0.1, -0.05) is 49.1 Å². The number of aromatic amines is 1. The van der Waals surface area contributed by atoms with Gasteiger partial charge in [-0.3, -0.25) is 14.6 Å². The van der Waals surface area contributed by atoms with Crippen LogP contribution in [0.2, 0.25) is 5.02 Å². The highest BCUT2D eigenvalue weighted by Crippen LogP contribution is 2.26. The molecule has 0 amide bonds. The second-order valence-corrected chi connectivity index (χ2v) is 9.73. The van der Waals surface area contributed by atoms with Gasteiger partial charge in [0, 0.05) is 48.1 Å². The summed E-state index contributed by atoms with van der Waals surface area (Å²) in [6.45, 7) is 4.82. The molecule has 0 bridgehead atoms. The number of benzene rings is 2. The minimum atomic E-state index is 0.160. The predicted octanol–water partition coefficient (Wildman–Crippen LogP) is 5.53. The molecule has 2 fully saturated rings. The van der Waals surface area contributed by atoms with Crippen LogP contribution in [0, 0.1) is 0 Å². The quantitative estimate of drug-likeness (QED) is 0.466. The first kappa shape index (κ1) is 22.5. The zero-order valence-electron chi connectivity index (χ0n) is 19.1. The van der Waals surface area contributed by atoms with Crippen molar-refractivity contribution in [3.05, 3.63) is 64.8 Å². The number of ether oxygens (including phenoxy) is 1. The second-order valence-electron chi connectivity index (χ2n) is 9.29. The Morgan fingerprint density at radius 2 is 1.70 bits per heavy atom. The highest BCUT2D eigenvalue weighted by atomic mass is 35.5. The maximum absolute atomic E-state index is 13.5. The first-order valence-corrected chi connectivity index (χ1v) is 12.5. The number of Topliss-reactive ketones (excluding diaryl/α,β-unsaturated/α-hetero) is 1. The van der Waals surface area contributed by atoms with E-state index in [0.29, 0.717) is 18.2 Å². The molecule has 1 saturated heterocycles. The number of para-hydroxylation sites is 1. The molecule has 1 saturated carbocycles. The fourth-order valence-corrected chi connectivity index (χ4v) is 5.45. The van der Waals surface area contributed by atoms with Crippen molar-refractivity contribution >= 4 is 28.3 Å². The third-order valence-corrected chi connectivity index (χ3v) is 7.38. The molecule has 0 unspecified atom stereocenters. The van der Waals surface area contributed by atoms with E-state index >= 15 is 0 Å². The Morgan fingerprint density at radius 3 is 2.45 bits per heavy atom. The number of aromatic nitrogens is 1. The van der Waals surface area contributed by atoms with Gasteiger partial charge >= 0.3 is 0 Å². The smallest absolute Gasteiger partial charge is 0.179 e. The van der Waals surface area contributed by atoms with E-state index in [1.54, 1.807) is 12.1 Å². The number of nitrogens with zero attached hydrogens (tertiary/aromatic N) is 2. The SMILES string of the molecule is O=C(CN1CCN(C2CCCCC2)CC1)c1c(COc2ccc(Cl)cc2)[nH]c2ccccc12. The van der Waals surface area contributed by atoms with Gasteiger partial charge in [0.05, 0.1) is 17.8 Å². The Balaban J connectivity index is 1.26. The van der Waals surface area contributed by atoms with Crippen molar-refractivity contribution in [3.8, 4) is 5.75 Å². The van der Waals surface area contributed by atoms with Gasteiger partial charge in [0.1, 0.15) is 12.4 Å². The number of carbonyl (C=O) groups excluding carboxylic acids is 1. The lowest BCUT2D eigenvalue weighted by Crippen LogP contribution is -2.51. The molecule has 0 atom stereocenters. The van der Waals surface area contributed by atoms with E-state index in [0.717, 1.165) is 60.1 Å². The van der Waals surface area contributed by atoms with Crippen molar-refractivity contribution in [2.75, 3.05) is 32.7 Å². The topological polar surface area (TPSA) is 48.6 Å². The highest BCUT2D eigenvalue weighted by Gasteiger charge is 2.27. The van der Waals surface area contributed by atoms with E-state index in [-0.39, 0.29) is 5.78 Å². The van der Waals surface area contributed by atoms with Crippen LogP contribution in [0.5, 0.6) is 5.75 Å². The molecule has 1 N–H and O–H groups in total. The van der Waals surface area contributed by atoms with Crippen LogP contribution < -0.4 is 4.74 Å². The molecule has 3 aromatic rings. The second kappa shape index (κ2) is 10.3. The summed E-state index contributed by atoms with van der Waals surface area (Å²) in [6, 6.07) is 16.1. The standard InChI is InChI=1S/C27H32ClN3O2/c28-20-10-12-22(13-11-20)33-19-25-27(23-8-4-5-9-24(23)29-25)26(32)18-30-14-16-31(17-15-30)21-6-2-1-3-7-21/h4-5,8-13,21,29H,1-3,6-7,14-19H2. The monoisotopic (exact) mass is 465 g/mol. The number of carbonyl (C=O) groups is 1. The third kappa shape index (κ3) is 5.26. The summed E-state index contributed by atoms with van der Waals surface area (Å²) in [6.07, 6.45) is 6.80. The number of ketones is 1. The lowest BCUT2D eigenvalue weighted by atomic mass is 9.94. The highest BCUT2D eigenvalue weighted by molar-refractivity contribution is 6.30. The van der Waals surface area contributed by atoms with Crippen molar-refractivity contribution in [2.24, 2.45) is 0 Å². The van der Waals surface area contributed by atoms with Crippen LogP contribution in [0.1, 0.15) is 48.2 Å². The van der Waals surface area contributed by atoms with Gasteiger partial charge in [0.15, 0.2) is 5.78 Å². The number of fused-ring (bicyclic) bond motifs is 1. The fourth-order valence-electron chi connectivity index (χ4n) is 5.33. The Labute approximate surface area is 200 Å². The summed E-state index contributed by atoms with van der Waals surface area (Å²) in [5.74, 6) is 0.892. The van der Waals surface area contributed by atoms with Crippen molar-refractivity contribution in [1.29, 1.82) is 0 Å². The predicted molar refractivity (Wildman–Crippen MR) is 133 cm³/mol. The number of piperazine rings is 1. The first-order chi connectivity index (χ1) is 16.2. The summed E-state index contributed by atoms with van der Waals surface area (Å²) in [7, 11) is 0. The van der Waals surface area contributed by atoms with Crippen LogP contribution in [0.15, 0.2) is 48.5 Å². The molecular weight excluding hydrogens is 434 g/mol. The Morgan fingerprint density at radius 1 is 0.970 bits per heavy atom. The van der Waals surface area contributed by atoms with E-state index in [1.165, 1.54) is 32.1 Å². The van der Waals surface area contributed by atoms with Crippen LogP contribution in [0.4, 0.5) is 0 Å². The number of rotatable bonds is 7. The van der Waals surface area contributed by atoms with Crippen LogP contribution in [0.3, 0.4) is 0 Å². The Kier molecular flexibility index (Phi) is 7.00. The molecule has 5 rings (SSSR count). The molecule has 1 aliphatic carbocycles. The van der Waals surface area contributed by atoms with Gasteiger partial charge in [-0.25, -0.2) is 0 Å². The van der Waals surface area contributed by atoms with Crippen molar-refractivity contribution < 1.29 is 9.53 Å². The number of H-pyrrole nitrogens is 1. The molecule has 2 aliphatic rings. The number of hydrogen-bond donors (Lipinski definition) is 1. The van der Waals surface area contributed by atoms with Gasteiger partial charge in [0.25, 0.3) is 0 Å². The average Bonchev–Trinajstić information content (AvgIpc) is 3.23. The van der Waals surface area contributed by atoms with Crippen LogP contribution in [-0.4, -0.2) is 59.3 Å². The summed E-state index contributed by atoms with van der Waals surface area (Å²) >= 11 is 5.98. The molecule has 0 radical (unpaired) electrons. The number of hydrogen-bond acceptors (Lipinski definition) is 4. The van der Waals surface area contributed by atoms with E-state index in [1.807, 2.05) is 36.4 Å². The van der Waals surface area contributed by atoms with Crippen molar-refractivity contribution in [3.63, 3.8) is 0 Å². The maximum Gasteiger partial charge on any atom is 0.179 e.